The molecule has 2 fully saturated rings. The second kappa shape index (κ2) is 10.5. The van der Waals surface area contributed by atoms with Crippen molar-refractivity contribution in [3.63, 3.8) is 0 Å². The maximum Gasteiger partial charge on any atom is 0.252 e. The summed E-state index contributed by atoms with van der Waals surface area (Å²) in [4.78, 5) is 23.4. The number of hydrogen-bond acceptors (Lipinski definition) is 5. The van der Waals surface area contributed by atoms with Gasteiger partial charge in [0.1, 0.15) is 17.3 Å². The highest BCUT2D eigenvalue weighted by atomic mass is 19.1. The molecule has 0 spiro atoms. The molecular formula is C33H35FN4O3. The molecule has 3 aliphatic rings. The van der Waals surface area contributed by atoms with E-state index in [1.54, 1.807) is 25.3 Å². The molecule has 1 aliphatic heterocycles. The van der Waals surface area contributed by atoms with Crippen molar-refractivity contribution in [2.24, 2.45) is 5.92 Å². The van der Waals surface area contributed by atoms with Crippen LogP contribution in [-0.2, 0) is 0 Å². The molecule has 1 aromatic carbocycles. The summed E-state index contributed by atoms with van der Waals surface area (Å²) in [6.45, 7) is 3.23. The number of nitrogens with one attached hydrogen (secondary N) is 1. The summed E-state index contributed by atoms with van der Waals surface area (Å²) >= 11 is 0. The maximum atomic E-state index is 13.7. The molecule has 212 valence electrons. The molecule has 2 atom stereocenters. The molecule has 0 radical (unpaired) electrons. The summed E-state index contributed by atoms with van der Waals surface area (Å²) < 4.78 is 27.3. The fourth-order valence-electron chi connectivity index (χ4n) is 6.50. The van der Waals surface area contributed by atoms with Crippen molar-refractivity contribution in [3.05, 3.63) is 77.1 Å². The van der Waals surface area contributed by atoms with Crippen molar-refractivity contribution >= 4 is 11.6 Å². The minimum absolute atomic E-state index is 0.0547. The van der Waals surface area contributed by atoms with Crippen LogP contribution in [0, 0.1) is 11.7 Å². The minimum atomic E-state index is -0.281. The highest BCUT2D eigenvalue weighted by Crippen LogP contribution is 2.44. The zero-order valence-electron chi connectivity index (χ0n) is 23.5. The van der Waals surface area contributed by atoms with E-state index in [0.717, 1.165) is 65.3 Å². The van der Waals surface area contributed by atoms with Gasteiger partial charge in [0.2, 0.25) is 0 Å². The Morgan fingerprint density at radius 1 is 1.12 bits per heavy atom. The molecule has 7 nitrogen and oxygen atoms in total. The Balaban J connectivity index is 1.20. The molecule has 8 heteroatoms. The van der Waals surface area contributed by atoms with E-state index in [2.05, 4.69) is 18.3 Å². The SMILES string of the molecule is COc1cc(C(=O)NCC(c2cc3c(c(-c4ccc(F)cc4)n2)OCC3C)C2CCCC2)cn2cc(C3CC3)nc12. The molecule has 2 unspecified atom stereocenters. The summed E-state index contributed by atoms with van der Waals surface area (Å²) in [5.41, 5.74) is 6.00. The number of pyridine rings is 2. The second-order valence-electron chi connectivity index (χ2n) is 11.9. The van der Waals surface area contributed by atoms with E-state index in [1.807, 2.05) is 16.8 Å². The Bertz CT molecular complexity index is 1610. The number of benzene rings is 1. The van der Waals surface area contributed by atoms with Crippen molar-refractivity contribution in [1.82, 2.24) is 19.7 Å². The molecule has 1 amide bonds. The van der Waals surface area contributed by atoms with Crippen molar-refractivity contribution < 1.29 is 18.7 Å². The van der Waals surface area contributed by atoms with Crippen LogP contribution in [-0.4, -0.2) is 40.5 Å². The molecule has 41 heavy (non-hydrogen) atoms. The predicted molar refractivity (Wildman–Crippen MR) is 154 cm³/mol. The third-order valence-corrected chi connectivity index (χ3v) is 8.99. The van der Waals surface area contributed by atoms with Gasteiger partial charge in [-0.15, -0.1) is 0 Å². The summed E-state index contributed by atoms with van der Waals surface area (Å²) in [7, 11) is 1.61. The average Bonchev–Trinajstić information content (AvgIpc) is 3.34. The lowest BCUT2D eigenvalue weighted by molar-refractivity contribution is 0.0947. The summed E-state index contributed by atoms with van der Waals surface area (Å²) in [6.07, 6.45) is 10.8. The normalized spacial score (nSPS) is 19.2. The number of fused-ring (bicyclic) bond motifs is 2. The number of imidazole rings is 1. The zero-order valence-corrected chi connectivity index (χ0v) is 23.5. The van der Waals surface area contributed by atoms with Crippen LogP contribution < -0.4 is 14.8 Å². The first kappa shape index (κ1) is 26.0. The van der Waals surface area contributed by atoms with Crippen molar-refractivity contribution in [1.29, 1.82) is 0 Å². The Morgan fingerprint density at radius 3 is 2.63 bits per heavy atom. The van der Waals surface area contributed by atoms with Gasteiger partial charge in [0.25, 0.3) is 5.91 Å². The lowest BCUT2D eigenvalue weighted by Gasteiger charge is -2.25. The van der Waals surface area contributed by atoms with Gasteiger partial charge < -0.3 is 19.2 Å². The monoisotopic (exact) mass is 554 g/mol. The molecule has 4 heterocycles. The van der Waals surface area contributed by atoms with Crippen molar-refractivity contribution in [3.8, 4) is 22.8 Å². The summed E-state index contributed by atoms with van der Waals surface area (Å²) in [6, 6.07) is 10.4. The van der Waals surface area contributed by atoms with Gasteiger partial charge in [-0.25, -0.2) is 14.4 Å². The molecule has 2 saturated carbocycles. The van der Waals surface area contributed by atoms with Crippen LogP contribution in [0.3, 0.4) is 0 Å². The number of rotatable bonds is 8. The van der Waals surface area contributed by atoms with E-state index >= 15 is 0 Å². The molecule has 0 saturated heterocycles. The number of methoxy groups -OCH3 is 1. The van der Waals surface area contributed by atoms with E-state index in [0.29, 0.717) is 36.3 Å². The first-order valence-electron chi connectivity index (χ1n) is 14.8. The first-order valence-corrected chi connectivity index (χ1v) is 14.8. The van der Waals surface area contributed by atoms with Crippen molar-refractivity contribution in [2.75, 3.05) is 20.3 Å². The van der Waals surface area contributed by atoms with E-state index in [4.69, 9.17) is 19.4 Å². The Morgan fingerprint density at radius 2 is 1.90 bits per heavy atom. The molecule has 0 bridgehead atoms. The van der Waals surface area contributed by atoms with E-state index in [-0.39, 0.29) is 23.6 Å². The van der Waals surface area contributed by atoms with Crippen LogP contribution in [0.1, 0.15) is 90.5 Å². The number of amides is 1. The molecule has 2 aliphatic carbocycles. The molecule has 3 aromatic heterocycles. The van der Waals surface area contributed by atoms with Crippen molar-refractivity contribution in [2.45, 2.75) is 63.2 Å². The highest BCUT2D eigenvalue weighted by Gasteiger charge is 2.33. The third kappa shape index (κ3) is 4.94. The molecule has 7 rings (SSSR count). The van der Waals surface area contributed by atoms with Gasteiger partial charge in [-0.2, -0.15) is 0 Å². The quantitative estimate of drug-likeness (QED) is 0.265. The standard InChI is InChI=1S/C33H35FN4O3/c1-19-18-41-31-25(19)14-27(36-30(31)22-9-11-24(34)12-10-22)26(20-5-3-4-6-20)15-35-33(39)23-13-29(40-2)32-37-28(21-7-8-21)17-38(32)16-23/h9-14,16-17,19-21,26H,3-8,15,18H2,1-2H3,(H,35,39). The number of aromatic nitrogens is 3. The predicted octanol–water partition coefficient (Wildman–Crippen LogP) is 6.62. The van der Waals surface area contributed by atoms with Crippen LogP contribution in [0.5, 0.6) is 11.5 Å². The molecule has 4 aromatic rings. The van der Waals surface area contributed by atoms with E-state index in [1.165, 1.54) is 25.0 Å². The Labute approximate surface area is 239 Å². The van der Waals surface area contributed by atoms with Crippen LogP contribution in [0.25, 0.3) is 16.9 Å². The maximum absolute atomic E-state index is 13.7. The topological polar surface area (TPSA) is 77.8 Å². The van der Waals surface area contributed by atoms with Gasteiger partial charge >= 0.3 is 0 Å². The van der Waals surface area contributed by atoms with E-state index in [9.17, 15) is 9.18 Å². The number of nitrogens with zero attached hydrogens (tertiary/aromatic N) is 3. The zero-order chi connectivity index (χ0) is 28.1. The largest absolute Gasteiger partial charge is 0.493 e. The van der Waals surface area contributed by atoms with Gasteiger partial charge in [0.05, 0.1) is 25.0 Å². The highest BCUT2D eigenvalue weighted by molar-refractivity contribution is 5.95. The minimum Gasteiger partial charge on any atom is -0.493 e. The van der Waals surface area contributed by atoms with Crippen LogP contribution in [0.15, 0.2) is 48.8 Å². The average molecular weight is 555 g/mol. The van der Waals surface area contributed by atoms with Crippen LogP contribution >= 0.6 is 0 Å². The number of carbonyl (C=O) groups is 1. The lowest BCUT2D eigenvalue weighted by atomic mass is 9.85. The molecule has 1 N–H and O–H groups in total. The van der Waals surface area contributed by atoms with Gasteiger partial charge in [0, 0.05) is 53.5 Å². The second-order valence-corrected chi connectivity index (χ2v) is 11.9. The lowest BCUT2D eigenvalue weighted by Crippen LogP contribution is -2.31. The van der Waals surface area contributed by atoms with E-state index < -0.39 is 0 Å². The third-order valence-electron chi connectivity index (χ3n) is 8.99. The number of carbonyl (C=O) groups excluding carboxylic acids is 1. The Kier molecular flexibility index (Phi) is 6.64. The van der Waals surface area contributed by atoms with Gasteiger partial charge in [-0.1, -0.05) is 19.8 Å². The first-order chi connectivity index (χ1) is 20.0. The van der Waals surface area contributed by atoms with Gasteiger partial charge in [0.15, 0.2) is 11.4 Å². The fourth-order valence-corrected chi connectivity index (χ4v) is 6.50. The Hall–Kier alpha value is -3.94. The van der Waals surface area contributed by atoms with Gasteiger partial charge in [-0.3, -0.25) is 4.79 Å². The summed E-state index contributed by atoms with van der Waals surface area (Å²) in [5.74, 6) is 2.17. The fraction of sp³-hybridized carbons (Fsp3) is 0.424. The number of halogens is 1. The summed E-state index contributed by atoms with van der Waals surface area (Å²) in [5, 5.41) is 3.23. The van der Waals surface area contributed by atoms with Gasteiger partial charge in [-0.05, 0) is 68.0 Å². The number of hydrogen-bond donors (Lipinski definition) is 1. The molecular weight excluding hydrogens is 519 g/mol. The smallest absolute Gasteiger partial charge is 0.252 e. The van der Waals surface area contributed by atoms with Crippen LogP contribution in [0.2, 0.25) is 0 Å². The number of ether oxygens (including phenoxy) is 2. The van der Waals surface area contributed by atoms with Crippen LogP contribution in [0.4, 0.5) is 4.39 Å².